The van der Waals surface area contributed by atoms with Gasteiger partial charge in [0.25, 0.3) is 5.91 Å². The normalized spacial score (nSPS) is 22.2. The van der Waals surface area contributed by atoms with Crippen LogP contribution in [0.2, 0.25) is 0 Å². The van der Waals surface area contributed by atoms with Crippen molar-refractivity contribution in [1.82, 2.24) is 0 Å². The van der Waals surface area contributed by atoms with E-state index < -0.39 is 18.1 Å². The van der Waals surface area contributed by atoms with Gasteiger partial charge in [0, 0.05) is 0 Å². The van der Waals surface area contributed by atoms with Crippen LogP contribution in [0.4, 0.5) is 11.4 Å². The number of hydrogen-bond acceptors (Lipinski definition) is 5. The lowest BCUT2D eigenvalue weighted by Gasteiger charge is -2.28. The summed E-state index contributed by atoms with van der Waals surface area (Å²) >= 11 is 0. The summed E-state index contributed by atoms with van der Waals surface area (Å²) in [6.45, 7) is 0. The third-order valence-corrected chi connectivity index (χ3v) is 6.35. The Morgan fingerprint density at radius 2 is 1.39 bits per heavy atom. The van der Waals surface area contributed by atoms with E-state index in [0.717, 1.165) is 22.0 Å². The lowest BCUT2D eigenvalue weighted by Crippen LogP contribution is -2.37. The highest BCUT2D eigenvalue weighted by Gasteiger charge is 2.60. The summed E-state index contributed by atoms with van der Waals surface area (Å²) in [5.41, 5.74) is 2.07. The van der Waals surface area contributed by atoms with Crippen molar-refractivity contribution in [3.8, 4) is 5.75 Å². The highest BCUT2D eigenvalue weighted by Crippen LogP contribution is 2.47. The number of nitrogens with zero attached hydrogens (tertiary/aromatic N) is 2. The van der Waals surface area contributed by atoms with Gasteiger partial charge in [0.05, 0.1) is 17.4 Å². The van der Waals surface area contributed by atoms with Crippen LogP contribution >= 0.6 is 0 Å². The Balaban J connectivity index is 1.43. The van der Waals surface area contributed by atoms with Crippen molar-refractivity contribution < 1.29 is 19.5 Å². The Hall–Kier alpha value is -4.16. The van der Waals surface area contributed by atoms with E-state index in [4.69, 9.17) is 4.84 Å². The Kier molecular flexibility index (Phi) is 4.41. The number of fused-ring (bicyclic) bond motifs is 2. The third-order valence-electron chi connectivity index (χ3n) is 6.35. The molecular weight excluding hydrogens is 416 g/mol. The van der Waals surface area contributed by atoms with Gasteiger partial charge in [0.1, 0.15) is 11.7 Å². The number of benzene rings is 4. The Morgan fingerprint density at radius 3 is 2.15 bits per heavy atom. The second-order valence-corrected chi connectivity index (χ2v) is 8.29. The number of hydroxylamine groups is 1. The first kappa shape index (κ1) is 19.5. The van der Waals surface area contributed by atoms with E-state index in [0.29, 0.717) is 5.69 Å². The van der Waals surface area contributed by atoms with Crippen LogP contribution in [0.15, 0.2) is 97.1 Å². The molecule has 0 radical (unpaired) electrons. The van der Waals surface area contributed by atoms with Crippen molar-refractivity contribution in [1.29, 1.82) is 0 Å². The van der Waals surface area contributed by atoms with Crippen molar-refractivity contribution in [3.05, 3.63) is 103 Å². The first-order valence-corrected chi connectivity index (χ1v) is 10.8. The minimum absolute atomic E-state index is 0.132. The van der Waals surface area contributed by atoms with Gasteiger partial charge in [-0.25, -0.2) is 9.96 Å². The first-order chi connectivity index (χ1) is 16.1. The average molecular weight is 436 g/mol. The zero-order valence-corrected chi connectivity index (χ0v) is 17.5. The first-order valence-electron chi connectivity index (χ1n) is 10.8. The van der Waals surface area contributed by atoms with Crippen molar-refractivity contribution in [2.24, 2.45) is 5.92 Å². The molecule has 0 saturated carbocycles. The van der Waals surface area contributed by atoms with E-state index in [1.165, 1.54) is 4.90 Å². The topological polar surface area (TPSA) is 70.1 Å². The smallest absolute Gasteiger partial charge is 0.266 e. The lowest BCUT2D eigenvalue weighted by molar-refractivity contribution is -0.126. The van der Waals surface area contributed by atoms with Crippen LogP contribution in [0, 0.1) is 5.92 Å². The molecule has 0 unspecified atom stereocenters. The molecule has 0 aromatic heterocycles. The highest BCUT2D eigenvalue weighted by molar-refractivity contribution is 6.24. The summed E-state index contributed by atoms with van der Waals surface area (Å²) in [6, 6.07) is 29.0. The van der Waals surface area contributed by atoms with Crippen LogP contribution in [0.1, 0.15) is 11.6 Å². The summed E-state index contributed by atoms with van der Waals surface area (Å²) < 4.78 is 0. The van der Waals surface area contributed by atoms with Crippen LogP contribution in [-0.2, 0) is 14.4 Å². The SMILES string of the molecule is O=C1[C@H]2[C@@H](ON(c3ccccc3)[C@H]2c2ccc(O)cc2)C(=O)N1c1ccc2ccccc2c1. The monoisotopic (exact) mass is 436 g/mol. The van der Waals surface area contributed by atoms with Gasteiger partial charge < -0.3 is 5.11 Å². The van der Waals surface area contributed by atoms with Crippen LogP contribution in [0.25, 0.3) is 10.8 Å². The molecule has 0 aliphatic carbocycles. The fraction of sp³-hybridized carbons (Fsp3) is 0.111. The summed E-state index contributed by atoms with van der Waals surface area (Å²) in [4.78, 5) is 34.6. The van der Waals surface area contributed by atoms with E-state index in [-0.39, 0.29) is 17.6 Å². The Bertz CT molecular complexity index is 1370. The van der Waals surface area contributed by atoms with Gasteiger partial charge >= 0.3 is 0 Å². The molecular formula is C27H20N2O4. The maximum atomic E-state index is 13.7. The van der Waals surface area contributed by atoms with Crippen molar-refractivity contribution in [2.75, 3.05) is 9.96 Å². The quantitative estimate of drug-likeness (QED) is 0.476. The Labute approximate surface area is 190 Å². The minimum atomic E-state index is -0.928. The molecule has 6 nitrogen and oxygen atoms in total. The number of rotatable bonds is 3. The molecule has 2 saturated heterocycles. The summed E-state index contributed by atoms with van der Waals surface area (Å²) in [5.74, 6) is -1.25. The number of imide groups is 1. The number of phenolic OH excluding ortho intramolecular Hbond substituents is 1. The predicted molar refractivity (Wildman–Crippen MR) is 125 cm³/mol. The zero-order valence-electron chi connectivity index (χ0n) is 17.5. The molecule has 2 fully saturated rings. The number of amides is 2. The van der Waals surface area contributed by atoms with Crippen LogP contribution in [0.5, 0.6) is 5.75 Å². The largest absolute Gasteiger partial charge is 0.508 e. The summed E-state index contributed by atoms with van der Waals surface area (Å²) in [7, 11) is 0. The molecule has 2 aliphatic rings. The molecule has 2 heterocycles. The molecule has 6 heteroatoms. The maximum absolute atomic E-state index is 13.7. The van der Waals surface area contributed by atoms with Gasteiger partial charge in [-0.3, -0.25) is 14.4 Å². The van der Waals surface area contributed by atoms with Crippen LogP contribution in [0.3, 0.4) is 0 Å². The van der Waals surface area contributed by atoms with Gasteiger partial charge in [-0.2, -0.15) is 0 Å². The molecule has 2 aliphatic heterocycles. The van der Waals surface area contributed by atoms with Gasteiger partial charge in [-0.15, -0.1) is 0 Å². The number of hydrogen-bond donors (Lipinski definition) is 1. The van der Waals surface area contributed by atoms with Crippen molar-refractivity contribution >= 4 is 34.0 Å². The molecule has 1 N–H and O–H groups in total. The number of para-hydroxylation sites is 1. The molecule has 33 heavy (non-hydrogen) atoms. The molecule has 4 aromatic carbocycles. The molecule has 0 spiro atoms. The van der Waals surface area contributed by atoms with E-state index in [9.17, 15) is 14.7 Å². The standard InChI is InChI=1S/C27H20N2O4/c30-22-14-11-18(12-15-22)24-23-25(33-29(24)20-8-2-1-3-9-20)27(32)28(26(23)31)21-13-10-17-6-4-5-7-19(17)16-21/h1-16,23-25,30H/t23-,24+,25-/m1/s1. The summed E-state index contributed by atoms with van der Waals surface area (Å²) in [5, 5.41) is 13.4. The van der Waals surface area contributed by atoms with Gasteiger partial charge in [0.15, 0.2) is 6.10 Å². The second kappa shape index (κ2) is 7.46. The number of phenols is 1. The molecule has 2 amide bonds. The summed E-state index contributed by atoms with van der Waals surface area (Å²) in [6.07, 6.45) is -0.928. The van der Waals surface area contributed by atoms with E-state index in [1.807, 2.05) is 66.7 Å². The molecule has 6 rings (SSSR count). The van der Waals surface area contributed by atoms with Gasteiger partial charge in [-0.1, -0.05) is 60.7 Å². The van der Waals surface area contributed by atoms with Crippen molar-refractivity contribution in [3.63, 3.8) is 0 Å². The minimum Gasteiger partial charge on any atom is -0.508 e. The van der Waals surface area contributed by atoms with Crippen LogP contribution < -0.4 is 9.96 Å². The second-order valence-electron chi connectivity index (χ2n) is 8.29. The predicted octanol–water partition coefficient (Wildman–Crippen LogP) is 4.60. The lowest BCUT2D eigenvalue weighted by atomic mass is 9.90. The zero-order chi connectivity index (χ0) is 22.5. The highest BCUT2D eigenvalue weighted by atomic mass is 16.7. The van der Waals surface area contributed by atoms with Crippen molar-refractivity contribution in [2.45, 2.75) is 12.1 Å². The van der Waals surface area contributed by atoms with E-state index in [2.05, 4.69) is 0 Å². The number of carbonyl (C=O) groups excluding carboxylic acids is 2. The maximum Gasteiger partial charge on any atom is 0.266 e. The van der Waals surface area contributed by atoms with E-state index >= 15 is 0 Å². The van der Waals surface area contributed by atoms with Crippen LogP contribution in [-0.4, -0.2) is 23.0 Å². The molecule has 4 aromatic rings. The average Bonchev–Trinajstić information content (AvgIpc) is 3.36. The number of aromatic hydroxyl groups is 1. The van der Waals surface area contributed by atoms with Gasteiger partial charge in [0.2, 0.25) is 5.91 Å². The molecule has 162 valence electrons. The fourth-order valence-corrected chi connectivity index (χ4v) is 4.79. The number of carbonyl (C=O) groups is 2. The molecule has 3 atom stereocenters. The fourth-order valence-electron chi connectivity index (χ4n) is 4.79. The third kappa shape index (κ3) is 3.07. The van der Waals surface area contributed by atoms with Gasteiger partial charge in [-0.05, 0) is 52.7 Å². The Morgan fingerprint density at radius 1 is 0.697 bits per heavy atom. The van der Waals surface area contributed by atoms with E-state index in [1.54, 1.807) is 35.4 Å². The molecule has 0 bridgehead atoms. The number of anilines is 2.